The van der Waals surface area contributed by atoms with E-state index in [9.17, 15) is 4.79 Å². The summed E-state index contributed by atoms with van der Waals surface area (Å²) in [5, 5.41) is 5.08. The first-order valence-electron chi connectivity index (χ1n) is 8.47. The molecule has 1 amide bonds. The molecule has 0 heterocycles. The second kappa shape index (κ2) is 9.00. The Kier molecular flexibility index (Phi) is 7.00. The van der Waals surface area contributed by atoms with E-state index in [4.69, 9.17) is 0 Å². The van der Waals surface area contributed by atoms with Gasteiger partial charge in [0.05, 0.1) is 5.69 Å². The van der Waals surface area contributed by atoms with Crippen LogP contribution in [-0.4, -0.2) is 12.5 Å². The van der Waals surface area contributed by atoms with Crippen molar-refractivity contribution in [1.82, 2.24) is 0 Å². The van der Waals surface area contributed by atoms with E-state index in [1.165, 1.54) is 11.1 Å². The number of nitrogens with two attached hydrogens (primary N) is 1. The van der Waals surface area contributed by atoms with Gasteiger partial charge in [-0.2, -0.15) is 0 Å². The predicted molar refractivity (Wildman–Crippen MR) is 103 cm³/mol. The first kappa shape index (κ1) is 18.7. The maximum absolute atomic E-state index is 12.3. The van der Waals surface area contributed by atoms with Gasteiger partial charge in [-0.25, -0.2) is 0 Å². The van der Waals surface area contributed by atoms with Gasteiger partial charge in [0.25, 0.3) is 5.91 Å². The summed E-state index contributed by atoms with van der Waals surface area (Å²) in [6.07, 6.45) is 1.05. The predicted octanol–water partition coefficient (Wildman–Crippen LogP) is 3.91. The van der Waals surface area contributed by atoms with Crippen molar-refractivity contribution in [2.45, 2.75) is 33.2 Å². The van der Waals surface area contributed by atoms with Crippen LogP contribution >= 0.6 is 15.9 Å². The highest BCUT2D eigenvalue weighted by atomic mass is 79.9. The average molecular weight is 390 g/mol. The molecule has 2 rings (SSSR count). The summed E-state index contributed by atoms with van der Waals surface area (Å²) in [6, 6.07) is 16.7. The molecule has 4 heteroatoms. The molecule has 0 aromatic heterocycles. The highest BCUT2D eigenvalue weighted by Gasteiger charge is 2.20. The number of hydrogen-bond donors (Lipinski definition) is 2. The molecule has 2 aromatic rings. The molecule has 2 aromatic carbocycles. The van der Waals surface area contributed by atoms with Crippen LogP contribution in [0.25, 0.3) is 0 Å². The molecule has 0 aliphatic heterocycles. The van der Waals surface area contributed by atoms with Crippen molar-refractivity contribution in [1.29, 1.82) is 0 Å². The van der Waals surface area contributed by atoms with Gasteiger partial charge in [0.2, 0.25) is 0 Å². The third kappa shape index (κ3) is 5.18. The highest BCUT2D eigenvalue weighted by Crippen LogP contribution is 2.21. The summed E-state index contributed by atoms with van der Waals surface area (Å²) >= 11 is 3.45. The molecular formula is C20H26BrN2O+. The molecule has 3 N–H and O–H groups in total. The van der Waals surface area contributed by atoms with E-state index in [-0.39, 0.29) is 11.9 Å². The number of benzene rings is 2. The molecule has 0 unspecified atom stereocenters. The van der Waals surface area contributed by atoms with Crippen molar-refractivity contribution in [3.05, 3.63) is 64.1 Å². The lowest BCUT2D eigenvalue weighted by molar-refractivity contribution is -0.692. The zero-order valence-electron chi connectivity index (χ0n) is 14.6. The summed E-state index contributed by atoms with van der Waals surface area (Å²) in [5.41, 5.74) is 3.42. The summed E-state index contributed by atoms with van der Waals surface area (Å²) in [7, 11) is 0. The first-order chi connectivity index (χ1) is 11.5. The van der Waals surface area contributed by atoms with E-state index in [2.05, 4.69) is 71.6 Å². The molecular weight excluding hydrogens is 364 g/mol. The summed E-state index contributed by atoms with van der Waals surface area (Å²) < 4.78 is 0.897. The number of aryl methyl sites for hydroxylation is 1. The van der Waals surface area contributed by atoms with E-state index in [0.717, 1.165) is 16.6 Å². The van der Waals surface area contributed by atoms with Crippen LogP contribution in [0, 0.1) is 5.92 Å². The number of hydrogen-bond acceptors (Lipinski definition) is 1. The molecule has 0 aliphatic carbocycles. The third-order valence-electron chi connectivity index (χ3n) is 4.20. The van der Waals surface area contributed by atoms with Crippen LogP contribution in [0.2, 0.25) is 0 Å². The minimum Gasteiger partial charge on any atom is -0.332 e. The van der Waals surface area contributed by atoms with Crippen molar-refractivity contribution in [3.8, 4) is 0 Å². The van der Waals surface area contributed by atoms with Crippen LogP contribution in [0.4, 0.5) is 5.69 Å². The van der Waals surface area contributed by atoms with E-state index in [0.29, 0.717) is 12.5 Å². The highest BCUT2D eigenvalue weighted by molar-refractivity contribution is 9.10. The quantitative estimate of drug-likeness (QED) is 0.740. The van der Waals surface area contributed by atoms with Crippen molar-refractivity contribution >= 4 is 27.5 Å². The second-order valence-corrected chi connectivity index (χ2v) is 7.19. The zero-order valence-corrected chi connectivity index (χ0v) is 16.1. The van der Waals surface area contributed by atoms with Crippen molar-refractivity contribution in [2.24, 2.45) is 5.92 Å². The lowest BCUT2D eigenvalue weighted by Gasteiger charge is -2.20. The Hall–Kier alpha value is -1.65. The molecule has 0 saturated heterocycles. The summed E-state index contributed by atoms with van der Waals surface area (Å²) in [6.45, 7) is 6.95. The van der Waals surface area contributed by atoms with Crippen LogP contribution in [0.3, 0.4) is 0 Å². The molecule has 128 valence electrons. The van der Waals surface area contributed by atoms with Crippen LogP contribution in [0.15, 0.2) is 53.0 Å². The zero-order chi connectivity index (χ0) is 17.5. The monoisotopic (exact) mass is 389 g/mol. The van der Waals surface area contributed by atoms with Gasteiger partial charge in [-0.05, 0) is 40.0 Å². The molecule has 0 radical (unpaired) electrons. The number of carbonyl (C=O) groups excluding carboxylic acids is 1. The van der Waals surface area contributed by atoms with Crippen LogP contribution < -0.4 is 10.6 Å². The number of para-hydroxylation sites is 1. The molecule has 24 heavy (non-hydrogen) atoms. The summed E-state index contributed by atoms with van der Waals surface area (Å²) in [5.74, 6) is 0.464. The Balaban J connectivity index is 1.98. The standard InChI is InChI=1S/C20H25BrN2O/c1-4-15-9-11-16(12-10-15)20(14(2)3)22-13-19(24)23-18-8-6-5-7-17(18)21/h5-12,14,20,22H,4,13H2,1-3H3,(H,23,24)/p+1/t20-/m1/s1. The topological polar surface area (TPSA) is 45.7 Å². The third-order valence-corrected chi connectivity index (χ3v) is 4.89. The van der Waals surface area contributed by atoms with Crippen LogP contribution in [0.1, 0.15) is 37.9 Å². The normalized spacial score (nSPS) is 12.2. The molecule has 0 bridgehead atoms. The number of carbonyl (C=O) groups is 1. The van der Waals surface area contributed by atoms with Crippen LogP contribution in [0.5, 0.6) is 0 Å². The Morgan fingerprint density at radius 3 is 2.38 bits per heavy atom. The Labute approximate surface area is 153 Å². The summed E-state index contributed by atoms with van der Waals surface area (Å²) in [4.78, 5) is 12.3. The Morgan fingerprint density at radius 2 is 1.79 bits per heavy atom. The largest absolute Gasteiger partial charge is 0.332 e. The maximum atomic E-state index is 12.3. The van der Waals surface area contributed by atoms with Crippen molar-refractivity contribution in [3.63, 3.8) is 0 Å². The number of quaternary nitrogens is 1. The molecule has 0 spiro atoms. The van der Waals surface area contributed by atoms with Gasteiger partial charge < -0.3 is 10.6 Å². The molecule has 0 aliphatic rings. The number of nitrogens with one attached hydrogen (secondary N) is 1. The van der Waals surface area contributed by atoms with Gasteiger partial charge in [0.1, 0.15) is 6.04 Å². The van der Waals surface area contributed by atoms with Gasteiger partial charge in [-0.3, -0.25) is 4.79 Å². The number of anilines is 1. The van der Waals surface area contributed by atoms with E-state index in [1.807, 2.05) is 24.3 Å². The number of halogens is 1. The smallest absolute Gasteiger partial charge is 0.279 e. The van der Waals surface area contributed by atoms with Gasteiger partial charge in [-0.15, -0.1) is 0 Å². The van der Waals surface area contributed by atoms with E-state index < -0.39 is 0 Å². The second-order valence-electron chi connectivity index (χ2n) is 6.33. The average Bonchev–Trinajstić information content (AvgIpc) is 2.57. The molecule has 3 nitrogen and oxygen atoms in total. The fourth-order valence-electron chi connectivity index (χ4n) is 2.77. The van der Waals surface area contributed by atoms with Crippen molar-refractivity contribution in [2.75, 3.05) is 11.9 Å². The minimum absolute atomic E-state index is 0.0118. The van der Waals surface area contributed by atoms with Crippen molar-refractivity contribution < 1.29 is 10.1 Å². The molecule has 0 fully saturated rings. The Morgan fingerprint density at radius 1 is 1.12 bits per heavy atom. The Bertz CT molecular complexity index is 668. The lowest BCUT2D eigenvalue weighted by Crippen LogP contribution is -2.88. The maximum Gasteiger partial charge on any atom is 0.279 e. The van der Waals surface area contributed by atoms with Crippen LogP contribution in [-0.2, 0) is 11.2 Å². The van der Waals surface area contributed by atoms with Gasteiger partial charge >= 0.3 is 0 Å². The fourth-order valence-corrected chi connectivity index (χ4v) is 3.15. The number of rotatable bonds is 7. The van der Waals surface area contributed by atoms with Gasteiger partial charge in [0, 0.05) is 16.0 Å². The fraction of sp³-hybridized carbons (Fsp3) is 0.350. The van der Waals surface area contributed by atoms with Gasteiger partial charge in [-0.1, -0.05) is 57.2 Å². The minimum atomic E-state index is 0.0118. The van der Waals surface area contributed by atoms with E-state index >= 15 is 0 Å². The SMILES string of the molecule is CCc1ccc([C@H]([NH2+]CC(=O)Nc2ccccc2Br)C(C)C)cc1. The van der Waals surface area contributed by atoms with Gasteiger partial charge in [0.15, 0.2) is 6.54 Å². The molecule has 0 saturated carbocycles. The van der Waals surface area contributed by atoms with E-state index in [1.54, 1.807) is 0 Å². The molecule has 1 atom stereocenters. The first-order valence-corrected chi connectivity index (χ1v) is 9.27. The lowest BCUT2D eigenvalue weighted by atomic mass is 9.95. The number of amides is 1.